The Kier molecular flexibility index (Phi) is 4.07. The van der Waals surface area contributed by atoms with Crippen molar-refractivity contribution in [2.75, 3.05) is 13.2 Å². The minimum Gasteiger partial charge on any atom is -0.493 e. The highest BCUT2D eigenvalue weighted by molar-refractivity contribution is 5.39. The number of hydrogen-bond acceptors (Lipinski definition) is 2. The van der Waals surface area contributed by atoms with Crippen LogP contribution in [0.1, 0.15) is 43.7 Å². The molecule has 0 bridgehead atoms. The van der Waals surface area contributed by atoms with Crippen LogP contribution >= 0.6 is 0 Å². The first-order chi connectivity index (χ1) is 9.31. The summed E-state index contributed by atoms with van der Waals surface area (Å²) in [4.78, 5) is 0. The Morgan fingerprint density at radius 2 is 2.05 bits per heavy atom. The fraction of sp³-hybridized carbons (Fsp3) is 0.647. The molecule has 19 heavy (non-hydrogen) atoms. The van der Waals surface area contributed by atoms with Crippen LogP contribution in [-0.4, -0.2) is 19.2 Å². The van der Waals surface area contributed by atoms with Crippen LogP contribution in [0.3, 0.4) is 0 Å². The van der Waals surface area contributed by atoms with Crippen molar-refractivity contribution in [3.8, 4) is 5.75 Å². The zero-order valence-corrected chi connectivity index (χ0v) is 12.0. The second kappa shape index (κ2) is 5.96. The van der Waals surface area contributed by atoms with Crippen LogP contribution in [-0.2, 0) is 12.8 Å². The Morgan fingerprint density at radius 3 is 2.89 bits per heavy atom. The molecule has 0 atom stereocenters. The molecule has 1 aromatic carbocycles. The minimum absolute atomic E-state index is 0.758. The third-order valence-electron chi connectivity index (χ3n) is 4.62. The van der Waals surface area contributed by atoms with Gasteiger partial charge in [0.1, 0.15) is 5.75 Å². The van der Waals surface area contributed by atoms with Crippen LogP contribution in [0.25, 0.3) is 0 Å². The molecule has 1 aromatic rings. The lowest BCUT2D eigenvalue weighted by atomic mass is 9.87. The van der Waals surface area contributed by atoms with E-state index in [4.69, 9.17) is 4.74 Å². The third-order valence-corrected chi connectivity index (χ3v) is 4.62. The fourth-order valence-corrected chi connectivity index (χ4v) is 3.28. The standard InChI is InChI=1S/C17H25NO/c1-13-2-5-16(6-3-13)18-10-8-14-4-7-17-15(12-14)9-11-19-17/h4,7,12-13,16,18H,2-3,5-6,8-11H2,1H3. The van der Waals surface area contributed by atoms with Crippen LogP contribution in [0.2, 0.25) is 0 Å². The van der Waals surface area contributed by atoms with E-state index in [1.54, 1.807) is 0 Å². The lowest BCUT2D eigenvalue weighted by Crippen LogP contribution is -2.34. The van der Waals surface area contributed by atoms with Crippen LogP contribution in [0.15, 0.2) is 18.2 Å². The highest BCUT2D eigenvalue weighted by Gasteiger charge is 2.17. The molecule has 2 aliphatic rings. The van der Waals surface area contributed by atoms with Crippen molar-refractivity contribution >= 4 is 0 Å². The van der Waals surface area contributed by atoms with E-state index in [1.165, 1.54) is 36.8 Å². The Balaban J connectivity index is 1.45. The van der Waals surface area contributed by atoms with Gasteiger partial charge >= 0.3 is 0 Å². The quantitative estimate of drug-likeness (QED) is 0.895. The van der Waals surface area contributed by atoms with Gasteiger partial charge in [-0.3, -0.25) is 0 Å². The van der Waals surface area contributed by atoms with E-state index in [1.807, 2.05) is 0 Å². The summed E-state index contributed by atoms with van der Waals surface area (Å²) in [6.07, 6.45) is 7.73. The van der Waals surface area contributed by atoms with E-state index in [-0.39, 0.29) is 0 Å². The van der Waals surface area contributed by atoms with Crippen molar-refractivity contribution in [1.82, 2.24) is 5.32 Å². The molecule has 1 aliphatic carbocycles. The molecule has 1 aliphatic heterocycles. The van der Waals surface area contributed by atoms with E-state index >= 15 is 0 Å². The van der Waals surface area contributed by atoms with Gasteiger partial charge in [0, 0.05) is 12.5 Å². The van der Waals surface area contributed by atoms with Crippen LogP contribution in [0.4, 0.5) is 0 Å². The second-order valence-corrected chi connectivity index (χ2v) is 6.20. The molecule has 0 amide bonds. The van der Waals surface area contributed by atoms with Gasteiger partial charge in [0.05, 0.1) is 6.61 Å². The Bertz CT molecular complexity index is 421. The van der Waals surface area contributed by atoms with Crippen molar-refractivity contribution in [2.24, 2.45) is 5.92 Å². The van der Waals surface area contributed by atoms with Gasteiger partial charge in [0.15, 0.2) is 0 Å². The largest absolute Gasteiger partial charge is 0.493 e. The number of ether oxygens (including phenoxy) is 1. The molecule has 0 aromatic heterocycles. The van der Waals surface area contributed by atoms with Crippen molar-refractivity contribution in [3.05, 3.63) is 29.3 Å². The van der Waals surface area contributed by atoms with Crippen LogP contribution in [0, 0.1) is 5.92 Å². The van der Waals surface area contributed by atoms with Gasteiger partial charge in [-0.25, -0.2) is 0 Å². The van der Waals surface area contributed by atoms with Crippen molar-refractivity contribution < 1.29 is 4.74 Å². The molecule has 0 radical (unpaired) electrons. The number of benzene rings is 1. The molecular formula is C17H25NO. The van der Waals surface area contributed by atoms with E-state index in [0.717, 1.165) is 43.7 Å². The van der Waals surface area contributed by atoms with E-state index in [0.29, 0.717) is 0 Å². The minimum atomic E-state index is 0.758. The monoisotopic (exact) mass is 259 g/mol. The molecule has 1 N–H and O–H groups in total. The zero-order valence-electron chi connectivity index (χ0n) is 12.0. The van der Waals surface area contributed by atoms with Crippen molar-refractivity contribution in [1.29, 1.82) is 0 Å². The summed E-state index contributed by atoms with van der Waals surface area (Å²) >= 11 is 0. The Labute approximate surface area is 116 Å². The maximum atomic E-state index is 5.55. The predicted octanol–water partition coefficient (Wildman–Crippen LogP) is 3.33. The zero-order chi connectivity index (χ0) is 13.1. The normalized spacial score (nSPS) is 25.9. The smallest absolute Gasteiger partial charge is 0.122 e. The van der Waals surface area contributed by atoms with Gasteiger partial charge in [-0.1, -0.05) is 19.1 Å². The first-order valence-electron chi connectivity index (χ1n) is 7.79. The Morgan fingerprint density at radius 1 is 1.21 bits per heavy atom. The molecule has 0 unspecified atom stereocenters. The van der Waals surface area contributed by atoms with Gasteiger partial charge in [-0.15, -0.1) is 0 Å². The Hall–Kier alpha value is -1.02. The maximum absolute atomic E-state index is 5.55. The van der Waals surface area contributed by atoms with Crippen LogP contribution in [0.5, 0.6) is 5.75 Å². The molecule has 1 fully saturated rings. The van der Waals surface area contributed by atoms with E-state index < -0.39 is 0 Å². The van der Waals surface area contributed by atoms with Gasteiger partial charge in [0.2, 0.25) is 0 Å². The van der Waals surface area contributed by atoms with E-state index in [2.05, 4.69) is 30.4 Å². The number of rotatable bonds is 4. The molecule has 1 saturated carbocycles. The molecule has 0 spiro atoms. The first kappa shape index (κ1) is 13.0. The van der Waals surface area contributed by atoms with Crippen molar-refractivity contribution in [3.63, 3.8) is 0 Å². The maximum Gasteiger partial charge on any atom is 0.122 e. The lowest BCUT2D eigenvalue weighted by Gasteiger charge is -2.27. The topological polar surface area (TPSA) is 21.3 Å². The summed E-state index contributed by atoms with van der Waals surface area (Å²) in [7, 11) is 0. The first-order valence-corrected chi connectivity index (χ1v) is 7.79. The van der Waals surface area contributed by atoms with Crippen LogP contribution < -0.4 is 10.1 Å². The SMILES string of the molecule is CC1CCC(NCCc2ccc3c(c2)CCO3)CC1. The summed E-state index contributed by atoms with van der Waals surface area (Å²) in [5, 5.41) is 3.73. The average molecular weight is 259 g/mol. The predicted molar refractivity (Wildman–Crippen MR) is 78.8 cm³/mol. The number of hydrogen-bond donors (Lipinski definition) is 1. The third kappa shape index (κ3) is 3.30. The lowest BCUT2D eigenvalue weighted by molar-refractivity contribution is 0.309. The summed E-state index contributed by atoms with van der Waals surface area (Å²) in [5.41, 5.74) is 2.84. The summed E-state index contributed by atoms with van der Waals surface area (Å²) in [6.45, 7) is 4.35. The summed E-state index contributed by atoms with van der Waals surface area (Å²) in [5.74, 6) is 2.03. The van der Waals surface area contributed by atoms with Gasteiger partial charge in [0.25, 0.3) is 0 Å². The van der Waals surface area contributed by atoms with E-state index in [9.17, 15) is 0 Å². The average Bonchev–Trinajstić information content (AvgIpc) is 2.88. The van der Waals surface area contributed by atoms with Gasteiger partial charge < -0.3 is 10.1 Å². The number of fused-ring (bicyclic) bond motifs is 1. The van der Waals surface area contributed by atoms with Gasteiger partial charge in [-0.2, -0.15) is 0 Å². The molecular weight excluding hydrogens is 234 g/mol. The molecule has 2 heteroatoms. The highest BCUT2D eigenvalue weighted by atomic mass is 16.5. The number of nitrogens with one attached hydrogen (secondary N) is 1. The summed E-state index contributed by atoms with van der Waals surface area (Å²) < 4.78 is 5.55. The molecule has 2 nitrogen and oxygen atoms in total. The molecule has 104 valence electrons. The molecule has 3 rings (SSSR count). The summed E-state index contributed by atoms with van der Waals surface area (Å²) in [6, 6.07) is 7.44. The molecule has 0 saturated heterocycles. The highest BCUT2D eigenvalue weighted by Crippen LogP contribution is 2.26. The van der Waals surface area contributed by atoms with Gasteiger partial charge in [-0.05, 0) is 61.8 Å². The second-order valence-electron chi connectivity index (χ2n) is 6.20. The molecule has 1 heterocycles. The fourth-order valence-electron chi connectivity index (χ4n) is 3.28. The van der Waals surface area contributed by atoms with Crippen molar-refractivity contribution in [2.45, 2.75) is 51.5 Å².